The van der Waals surface area contributed by atoms with Crippen LogP contribution >= 0.6 is 0 Å². The van der Waals surface area contributed by atoms with Crippen LogP contribution in [0, 0.1) is 5.92 Å². The molecule has 1 fully saturated rings. The molecule has 1 aromatic carbocycles. The zero-order valence-corrected chi connectivity index (χ0v) is 17.6. The number of benzene rings is 1. The van der Waals surface area contributed by atoms with Gasteiger partial charge in [-0.1, -0.05) is 50.3 Å². The van der Waals surface area contributed by atoms with Crippen LogP contribution in [0.15, 0.2) is 61.4 Å². The van der Waals surface area contributed by atoms with Crippen LogP contribution in [0.25, 0.3) is 11.1 Å². The number of hydrogen-bond donors (Lipinski definition) is 1. The molecule has 3 rings (SSSR count). The van der Waals surface area contributed by atoms with E-state index in [1.165, 1.54) is 0 Å². The number of pyridine rings is 1. The Kier molecular flexibility index (Phi) is 7.00. The number of aromatic nitrogens is 1. The van der Waals surface area contributed by atoms with E-state index in [2.05, 4.69) is 16.9 Å². The summed E-state index contributed by atoms with van der Waals surface area (Å²) in [5, 5.41) is 2.86. The van der Waals surface area contributed by atoms with E-state index in [-0.39, 0.29) is 24.3 Å². The van der Waals surface area contributed by atoms with E-state index >= 15 is 0 Å². The van der Waals surface area contributed by atoms with Crippen molar-refractivity contribution < 1.29 is 14.3 Å². The Bertz CT molecular complexity index is 880. The van der Waals surface area contributed by atoms with E-state index in [0.29, 0.717) is 26.1 Å². The second-order valence-corrected chi connectivity index (χ2v) is 7.87. The molecule has 0 saturated carbocycles. The summed E-state index contributed by atoms with van der Waals surface area (Å²) >= 11 is 0. The number of nitrogens with zero attached hydrogens (tertiary/aromatic N) is 2. The first kappa shape index (κ1) is 21.7. The molecular formula is C24H29N3O3. The smallest absolute Gasteiger partial charge is 0.254 e. The second kappa shape index (κ2) is 9.67. The van der Waals surface area contributed by atoms with Gasteiger partial charge in [0, 0.05) is 37.8 Å². The first-order chi connectivity index (χ1) is 14.4. The lowest BCUT2D eigenvalue weighted by Crippen LogP contribution is -2.62. The molecule has 6 heteroatoms. The Morgan fingerprint density at radius 2 is 2.03 bits per heavy atom. The van der Waals surface area contributed by atoms with Crippen LogP contribution in [0.5, 0.6) is 0 Å². The average Bonchev–Trinajstić information content (AvgIpc) is 2.78. The summed E-state index contributed by atoms with van der Waals surface area (Å²) in [5.74, 6) is -0.318. The third-order valence-corrected chi connectivity index (χ3v) is 5.25. The molecule has 1 aromatic heterocycles. The lowest BCUT2D eigenvalue weighted by Gasteiger charge is -2.42. The number of ether oxygens (including phenoxy) is 1. The molecule has 2 heterocycles. The van der Waals surface area contributed by atoms with Crippen LogP contribution in [0.1, 0.15) is 19.4 Å². The van der Waals surface area contributed by atoms with Crippen molar-refractivity contribution in [2.45, 2.75) is 25.9 Å². The van der Waals surface area contributed by atoms with Gasteiger partial charge in [0.2, 0.25) is 5.91 Å². The number of hydrogen-bond acceptors (Lipinski definition) is 4. The van der Waals surface area contributed by atoms with Crippen LogP contribution in [-0.2, 0) is 20.7 Å². The van der Waals surface area contributed by atoms with Crippen molar-refractivity contribution in [2.24, 2.45) is 5.92 Å². The highest BCUT2D eigenvalue weighted by Crippen LogP contribution is 2.27. The number of morpholine rings is 1. The van der Waals surface area contributed by atoms with Gasteiger partial charge >= 0.3 is 0 Å². The fraction of sp³-hybridized carbons (Fsp3) is 0.375. The van der Waals surface area contributed by atoms with Gasteiger partial charge in [-0.05, 0) is 22.8 Å². The molecule has 0 unspecified atom stereocenters. The number of amides is 2. The van der Waals surface area contributed by atoms with Gasteiger partial charge in [0.1, 0.15) is 0 Å². The van der Waals surface area contributed by atoms with Gasteiger partial charge in [0.05, 0.1) is 13.2 Å². The van der Waals surface area contributed by atoms with Gasteiger partial charge in [-0.25, -0.2) is 0 Å². The van der Waals surface area contributed by atoms with Crippen LogP contribution < -0.4 is 5.32 Å². The summed E-state index contributed by atoms with van der Waals surface area (Å²) in [6, 6.07) is 11.9. The zero-order valence-electron chi connectivity index (χ0n) is 17.6. The van der Waals surface area contributed by atoms with Gasteiger partial charge in [-0.2, -0.15) is 0 Å². The molecule has 0 bridgehead atoms. The quantitative estimate of drug-likeness (QED) is 0.717. The molecule has 6 nitrogen and oxygen atoms in total. The molecule has 1 aliphatic rings. The van der Waals surface area contributed by atoms with E-state index in [0.717, 1.165) is 16.7 Å². The zero-order chi connectivity index (χ0) is 21.6. The van der Waals surface area contributed by atoms with Crippen molar-refractivity contribution in [3.63, 3.8) is 0 Å². The summed E-state index contributed by atoms with van der Waals surface area (Å²) in [6.45, 7) is 8.81. The fourth-order valence-electron chi connectivity index (χ4n) is 3.67. The predicted octanol–water partition coefficient (Wildman–Crippen LogP) is 2.85. The fourth-order valence-corrected chi connectivity index (χ4v) is 3.67. The maximum absolute atomic E-state index is 13.1. The largest absolute Gasteiger partial charge is 0.361 e. The van der Waals surface area contributed by atoms with E-state index in [4.69, 9.17) is 4.74 Å². The minimum absolute atomic E-state index is 0.0334. The van der Waals surface area contributed by atoms with Gasteiger partial charge < -0.3 is 15.0 Å². The molecule has 1 atom stereocenters. The molecule has 0 radical (unpaired) electrons. The van der Waals surface area contributed by atoms with E-state index < -0.39 is 5.60 Å². The van der Waals surface area contributed by atoms with E-state index in [1.807, 2.05) is 56.4 Å². The third kappa shape index (κ3) is 4.94. The van der Waals surface area contributed by atoms with Crippen LogP contribution in [0.3, 0.4) is 0 Å². The summed E-state index contributed by atoms with van der Waals surface area (Å²) in [4.78, 5) is 31.6. The normalized spacial score (nSPS) is 18.8. The molecule has 0 aliphatic carbocycles. The van der Waals surface area contributed by atoms with Crippen molar-refractivity contribution in [3.05, 3.63) is 67.0 Å². The Balaban J connectivity index is 1.84. The maximum atomic E-state index is 13.1. The number of rotatable bonds is 7. The molecule has 30 heavy (non-hydrogen) atoms. The minimum Gasteiger partial charge on any atom is -0.361 e. The highest BCUT2D eigenvalue weighted by Gasteiger charge is 2.45. The lowest BCUT2D eigenvalue weighted by atomic mass is 9.90. The van der Waals surface area contributed by atoms with Gasteiger partial charge in [0.25, 0.3) is 5.91 Å². The van der Waals surface area contributed by atoms with E-state index in [9.17, 15) is 9.59 Å². The Labute approximate surface area is 178 Å². The van der Waals surface area contributed by atoms with Crippen molar-refractivity contribution in [1.29, 1.82) is 0 Å². The molecule has 2 aromatic rings. The van der Waals surface area contributed by atoms with Gasteiger partial charge in [0.15, 0.2) is 5.60 Å². The van der Waals surface area contributed by atoms with Gasteiger partial charge in [-0.15, -0.1) is 6.58 Å². The predicted molar refractivity (Wildman–Crippen MR) is 117 cm³/mol. The standard InChI is InChI=1S/C24H29N3O3/c1-4-11-26-23(29)24(17-27(13-14-30-24)22(28)18(2)3)15-19-7-9-20(10-8-19)21-6-5-12-25-16-21/h4-10,12,16,18H,1,11,13-15,17H2,2-3H3,(H,26,29)/t24-/m1/s1. The number of carbonyl (C=O) groups is 2. The Morgan fingerprint density at radius 3 is 2.67 bits per heavy atom. The topological polar surface area (TPSA) is 71.5 Å². The summed E-state index contributed by atoms with van der Waals surface area (Å²) < 4.78 is 6.05. The molecule has 1 N–H and O–H groups in total. The SMILES string of the molecule is C=CCNC(=O)[C@@]1(Cc2ccc(-c3cccnc3)cc2)CN(C(=O)C(C)C)CCO1. The second-order valence-electron chi connectivity index (χ2n) is 7.87. The van der Waals surface area contributed by atoms with Crippen LogP contribution in [0.2, 0.25) is 0 Å². The minimum atomic E-state index is -1.12. The van der Waals surface area contributed by atoms with Crippen molar-refractivity contribution >= 4 is 11.8 Å². The average molecular weight is 408 g/mol. The van der Waals surface area contributed by atoms with Crippen molar-refractivity contribution in [3.8, 4) is 11.1 Å². The highest BCUT2D eigenvalue weighted by molar-refractivity contribution is 5.87. The maximum Gasteiger partial charge on any atom is 0.254 e. The van der Waals surface area contributed by atoms with Crippen molar-refractivity contribution in [2.75, 3.05) is 26.2 Å². The molecule has 158 valence electrons. The molecule has 1 saturated heterocycles. The first-order valence-corrected chi connectivity index (χ1v) is 10.3. The molecule has 1 aliphatic heterocycles. The van der Waals surface area contributed by atoms with Crippen LogP contribution in [-0.4, -0.2) is 53.5 Å². The first-order valence-electron chi connectivity index (χ1n) is 10.3. The Hall–Kier alpha value is -2.99. The number of carbonyl (C=O) groups excluding carboxylic acids is 2. The van der Waals surface area contributed by atoms with Crippen molar-refractivity contribution in [1.82, 2.24) is 15.2 Å². The molecule has 2 amide bonds. The van der Waals surface area contributed by atoms with Gasteiger partial charge in [-0.3, -0.25) is 14.6 Å². The molecular weight excluding hydrogens is 378 g/mol. The Morgan fingerprint density at radius 1 is 1.27 bits per heavy atom. The lowest BCUT2D eigenvalue weighted by molar-refractivity contribution is -0.167. The van der Waals surface area contributed by atoms with Crippen LogP contribution in [0.4, 0.5) is 0 Å². The summed E-state index contributed by atoms with van der Waals surface area (Å²) in [6.07, 6.45) is 5.58. The number of nitrogens with one attached hydrogen (secondary N) is 1. The third-order valence-electron chi connectivity index (χ3n) is 5.25. The monoisotopic (exact) mass is 407 g/mol. The van der Waals surface area contributed by atoms with E-state index in [1.54, 1.807) is 17.2 Å². The summed E-state index contributed by atoms with van der Waals surface area (Å²) in [7, 11) is 0. The summed E-state index contributed by atoms with van der Waals surface area (Å²) in [5.41, 5.74) is 1.93. The molecule has 0 spiro atoms. The highest BCUT2D eigenvalue weighted by atomic mass is 16.5.